The number of hydrogen-bond donors (Lipinski definition) is 2. The van der Waals surface area contributed by atoms with E-state index in [1.54, 1.807) is 0 Å². The van der Waals surface area contributed by atoms with E-state index in [4.69, 9.17) is 26.8 Å². The van der Waals surface area contributed by atoms with E-state index in [1.807, 2.05) is 0 Å². The van der Waals surface area contributed by atoms with Crippen molar-refractivity contribution in [2.24, 2.45) is 5.73 Å². The second-order valence-corrected chi connectivity index (χ2v) is 10.3. The van der Waals surface area contributed by atoms with E-state index >= 15 is 0 Å². The summed E-state index contributed by atoms with van der Waals surface area (Å²) < 4.78 is 65.1. The van der Waals surface area contributed by atoms with E-state index in [0.29, 0.717) is 11.3 Å². The zero-order valence-electron chi connectivity index (χ0n) is 19.9. The molecule has 1 amide bonds. The molecule has 2 aromatic carbocycles. The first-order chi connectivity index (χ1) is 17.9. The number of carbonyl (C=O) groups excluding carboxylic acids is 1. The molecule has 0 bridgehead atoms. The predicted octanol–water partition coefficient (Wildman–Crippen LogP) is 3.92. The number of pyridine rings is 1. The summed E-state index contributed by atoms with van der Waals surface area (Å²) in [6, 6.07) is 8.76. The van der Waals surface area contributed by atoms with Crippen LogP contribution in [0.4, 0.5) is 14.5 Å². The first kappa shape index (κ1) is 26.8. The highest BCUT2D eigenvalue weighted by molar-refractivity contribution is 7.92. The number of nitrogens with one attached hydrogen (secondary N) is 1. The molecule has 0 spiro atoms. The smallest absolute Gasteiger partial charge is 0.252 e. The number of nitrogens with two attached hydrogens (primary N) is 1. The fraction of sp³-hybridized carbons (Fsp3) is 0.125. The van der Waals surface area contributed by atoms with Crippen LogP contribution in [0.3, 0.4) is 0 Å². The van der Waals surface area contributed by atoms with Crippen LogP contribution in [-0.2, 0) is 16.6 Å². The maximum Gasteiger partial charge on any atom is 0.252 e. The number of ether oxygens (including phenoxy) is 2. The van der Waals surface area contributed by atoms with Crippen molar-refractivity contribution in [2.45, 2.75) is 6.61 Å². The lowest BCUT2D eigenvalue weighted by molar-refractivity contribution is 0.100. The van der Waals surface area contributed by atoms with Crippen molar-refractivity contribution >= 4 is 33.2 Å². The SMILES string of the molecule is COc1cnc(-n2cc(C(N)=O)c(-c3cc(Cl)cc(NS(C)(=O)=O)c3)n2)c(OCc2cc(F)cc(F)c2)c1. The molecule has 4 aromatic rings. The molecule has 2 aromatic heterocycles. The van der Waals surface area contributed by atoms with E-state index in [2.05, 4.69) is 14.8 Å². The van der Waals surface area contributed by atoms with Gasteiger partial charge in [0.05, 0.1) is 30.8 Å². The summed E-state index contributed by atoms with van der Waals surface area (Å²) in [6.07, 6.45) is 3.67. The molecule has 0 aliphatic carbocycles. The van der Waals surface area contributed by atoms with Crippen molar-refractivity contribution in [3.63, 3.8) is 0 Å². The van der Waals surface area contributed by atoms with Crippen LogP contribution in [0.25, 0.3) is 17.1 Å². The molecule has 2 heterocycles. The quantitative estimate of drug-likeness (QED) is 0.315. The lowest BCUT2D eigenvalue weighted by Crippen LogP contribution is -2.11. The number of aromatic nitrogens is 3. The van der Waals surface area contributed by atoms with Gasteiger partial charge >= 0.3 is 0 Å². The van der Waals surface area contributed by atoms with Crippen LogP contribution < -0.4 is 19.9 Å². The van der Waals surface area contributed by atoms with E-state index in [9.17, 15) is 22.0 Å². The van der Waals surface area contributed by atoms with Crippen LogP contribution in [0.1, 0.15) is 15.9 Å². The van der Waals surface area contributed by atoms with Gasteiger partial charge in [-0.1, -0.05) is 11.6 Å². The molecule has 0 aliphatic heterocycles. The van der Waals surface area contributed by atoms with Crippen molar-refractivity contribution in [3.05, 3.63) is 82.6 Å². The number of carbonyl (C=O) groups is 1. The van der Waals surface area contributed by atoms with Crippen LogP contribution >= 0.6 is 11.6 Å². The molecule has 0 radical (unpaired) electrons. The Morgan fingerprint density at radius 2 is 1.84 bits per heavy atom. The van der Waals surface area contributed by atoms with Crippen molar-refractivity contribution < 1.29 is 31.5 Å². The Morgan fingerprint density at radius 3 is 2.47 bits per heavy atom. The highest BCUT2D eigenvalue weighted by atomic mass is 35.5. The summed E-state index contributed by atoms with van der Waals surface area (Å²) in [5.74, 6) is -1.81. The molecule has 198 valence electrons. The standard InChI is InChI=1S/C24H20ClF2N5O5S/c1-36-19-9-21(37-12-13-3-16(26)8-17(27)4-13)24(29-10-19)32-11-20(23(28)33)22(30-32)14-5-15(25)7-18(6-14)31-38(2,34)35/h3-11,31H,12H2,1-2H3,(H2,28,33). The summed E-state index contributed by atoms with van der Waals surface area (Å²) in [6.45, 7) is -0.220. The minimum atomic E-state index is -3.62. The maximum absolute atomic E-state index is 13.6. The van der Waals surface area contributed by atoms with Crippen molar-refractivity contribution in [1.29, 1.82) is 0 Å². The molecule has 0 atom stereocenters. The van der Waals surface area contributed by atoms with E-state index in [1.165, 1.54) is 48.5 Å². The molecule has 3 N–H and O–H groups in total. The molecule has 10 nitrogen and oxygen atoms in total. The number of hydrogen-bond acceptors (Lipinski definition) is 7. The van der Waals surface area contributed by atoms with E-state index in [-0.39, 0.29) is 45.7 Å². The monoisotopic (exact) mass is 563 g/mol. The summed E-state index contributed by atoms with van der Waals surface area (Å²) >= 11 is 6.18. The minimum Gasteiger partial charge on any atom is -0.495 e. The number of sulfonamides is 1. The Bertz CT molecular complexity index is 1630. The summed E-state index contributed by atoms with van der Waals surface area (Å²) in [4.78, 5) is 16.6. The average molecular weight is 564 g/mol. The third kappa shape index (κ3) is 6.36. The van der Waals surface area contributed by atoms with Gasteiger partial charge in [-0.15, -0.1) is 0 Å². The van der Waals surface area contributed by atoms with E-state index < -0.39 is 27.6 Å². The molecule has 14 heteroatoms. The second kappa shape index (κ2) is 10.6. The molecular formula is C24H20ClF2N5O5S. The van der Waals surface area contributed by atoms with Gasteiger partial charge in [-0.3, -0.25) is 9.52 Å². The van der Waals surface area contributed by atoms with Gasteiger partial charge in [0.1, 0.15) is 29.7 Å². The van der Waals surface area contributed by atoms with Crippen molar-refractivity contribution in [3.8, 4) is 28.6 Å². The van der Waals surface area contributed by atoms with Gasteiger partial charge in [-0.25, -0.2) is 26.9 Å². The lowest BCUT2D eigenvalue weighted by atomic mass is 10.1. The highest BCUT2D eigenvalue weighted by Gasteiger charge is 2.21. The molecule has 4 rings (SSSR count). The van der Waals surface area contributed by atoms with Gasteiger partial charge in [0.25, 0.3) is 5.91 Å². The van der Waals surface area contributed by atoms with Gasteiger partial charge in [-0.05, 0) is 35.9 Å². The number of methoxy groups -OCH3 is 1. The molecule has 0 saturated heterocycles. The Balaban J connectivity index is 1.78. The van der Waals surface area contributed by atoms with Gasteiger partial charge in [0.15, 0.2) is 11.6 Å². The summed E-state index contributed by atoms with van der Waals surface area (Å²) in [5.41, 5.74) is 6.32. The maximum atomic E-state index is 13.6. The van der Waals surface area contributed by atoms with Crippen LogP contribution in [0, 0.1) is 11.6 Å². The molecule has 0 fully saturated rings. The normalized spacial score (nSPS) is 11.3. The first-order valence-electron chi connectivity index (χ1n) is 10.7. The zero-order chi connectivity index (χ0) is 27.6. The number of benzene rings is 2. The largest absolute Gasteiger partial charge is 0.495 e. The van der Waals surface area contributed by atoms with Crippen LogP contribution in [-0.4, -0.2) is 42.5 Å². The Hall–Kier alpha value is -4.23. The average Bonchev–Trinajstić information content (AvgIpc) is 3.26. The molecule has 0 aliphatic rings. The number of nitrogens with zero attached hydrogens (tertiary/aromatic N) is 3. The number of primary amides is 1. The third-order valence-corrected chi connectivity index (χ3v) is 5.86. The Labute approximate surface area is 221 Å². The van der Waals surface area contributed by atoms with Crippen LogP contribution in [0.5, 0.6) is 11.5 Å². The Morgan fingerprint density at radius 1 is 1.13 bits per heavy atom. The highest BCUT2D eigenvalue weighted by Crippen LogP contribution is 2.32. The molecule has 0 saturated carbocycles. The van der Waals surface area contributed by atoms with Gasteiger partial charge < -0.3 is 15.2 Å². The van der Waals surface area contributed by atoms with Gasteiger partial charge in [0.2, 0.25) is 10.0 Å². The van der Waals surface area contributed by atoms with Crippen LogP contribution in [0.2, 0.25) is 5.02 Å². The Kier molecular flexibility index (Phi) is 7.51. The molecule has 0 unspecified atom stereocenters. The fourth-order valence-electron chi connectivity index (χ4n) is 3.54. The third-order valence-electron chi connectivity index (χ3n) is 5.03. The summed E-state index contributed by atoms with van der Waals surface area (Å²) in [5, 5.41) is 4.60. The summed E-state index contributed by atoms with van der Waals surface area (Å²) in [7, 11) is -2.20. The predicted molar refractivity (Wildman–Crippen MR) is 136 cm³/mol. The number of amides is 1. The fourth-order valence-corrected chi connectivity index (χ4v) is 4.32. The zero-order valence-corrected chi connectivity index (χ0v) is 21.5. The number of anilines is 1. The molecular weight excluding hydrogens is 544 g/mol. The van der Waals surface area contributed by atoms with Gasteiger partial charge in [0, 0.05) is 28.9 Å². The number of halogens is 3. The van der Waals surface area contributed by atoms with E-state index in [0.717, 1.165) is 24.5 Å². The van der Waals surface area contributed by atoms with Gasteiger partial charge in [-0.2, -0.15) is 5.10 Å². The van der Waals surface area contributed by atoms with Crippen molar-refractivity contribution in [1.82, 2.24) is 14.8 Å². The lowest BCUT2D eigenvalue weighted by Gasteiger charge is -2.12. The topological polar surface area (TPSA) is 138 Å². The first-order valence-corrected chi connectivity index (χ1v) is 13.0. The second-order valence-electron chi connectivity index (χ2n) is 8.07. The van der Waals surface area contributed by atoms with Crippen LogP contribution in [0.15, 0.2) is 54.9 Å². The van der Waals surface area contributed by atoms with Crippen molar-refractivity contribution in [2.75, 3.05) is 18.1 Å². The minimum absolute atomic E-state index is 0.0201. The molecule has 38 heavy (non-hydrogen) atoms. The number of rotatable bonds is 9.